The second-order valence-corrected chi connectivity index (χ2v) is 8.54. The third-order valence-electron chi connectivity index (χ3n) is 5.12. The summed E-state index contributed by atoms with van der Waals surface area (Å²) in [7, 11) is 1.31. The fourth-order valence-electron chi connectivity index (χ4n) is 3.33. The van der Waals surface area contributed by atoms with Gasteiger partial charge in [0.25, 0.3) is 11.5 Å². The summed E-state index contributed by atoms with van der Waals surface area (Å²) in [6, 6.07) is 16.6. The fraction of sp³-hybridized carbons (Fsp3) is 0.125. The van der Waals surface area contributed by atoms with E-state index >= 15 is 0 Å². The summed E-state index contributed by atoms with van der Waals surface area (Å²) < 4.78 is 7.15. The molecule has 10 nitrogen and oxygen atoms in total. The van der Waals surface area contributed by atoms with E-state index in [0.717, 1.165) is 25.2 Å². The van der Waals surface area contributed by atoms with Crippen LogP contribution in [0.1, 0.15) is 10.6 Å². The van der Waals surface area contributed by atoms with E-state index in [2.05, 4.69) is 9.97 Å². The molecule has 0 unspecified atom stereocenters. The zero-order chi connectivity index (χ0) is 24.9. The van der Waals surface area contributed by atoms with E-state index in [-0.39, 0.29) is 18.1 Å². The Morgan fingerprint density at radius 3 is 2.60 bits per heavy atom. The Balaban J connectivity index is 1.44. The van der Waals surface area contributed by atoms with Gasteiger partial charge in [0.05, 0.1) is 16.8 Å². The Kier molecular flexibility index (Phi) is 6.88. The SMILES string of the molecule is CN(C(=O)COC(=O)/C=C/c1nc2ccccc2s1)c1c(N)n(Cc2ccccc2)c(=O)[nH]c1=O. The lowest BCUT2D eigenvalue weighted by Crippen LogP contribution is -2.40. The number of amides is 1. The molecule has 2 aromatic carbocycles. The first-order valence-electron chi connectivity index (χ1n) is 10.5. The van der Waals surface area contributed by atoms with Gasteiger partial charge in [0.2, 0.25) is 0 Å². The van der Waals surface area contributed by atoms with Crippen molar-refractivity contribution in [1.82, 2.24) is 14.5 Å². The summed E-state index contributed by atoms with van der Waals surface area (Å²) in [5.74, 6) is -1.63. The van der Waals surface area contributed by atoms with Crippen LogP contribution in [0.15, 0.2) is 70.3 Å². The minimum atomic E-state index is -0.824. The number of nitrogens with two attached hydrogens (primary N) is 1. The predicted octanol–water partition coefficient (Wildman–Crippen LogP) is 2.00. The molecule has 4 rings (SSSR count). The molecule has 11 heteroatoms. The van der Waals surface area contributed by atoms with E-state index in [1.54, 1.807) is 24.3 Å². The molecule has 0 fully saturated rings. The van der Waals surface area contributed by atoms with Crippen LogP contribution in [0.4, 0.5) is 11.5 Å². The number of para-hydroxylation sites is 1. The number of nitrogens with zero attached hydrogens (tertiary/aromatic N) is 3. The maximum absolute atomic E-state index is 12.6. The second kappa shape index (κ2) is 10.2. The number of likely N-dealkylation sites (N-methyl/N-ethyl adjacent to an activating group) is 1. The number of ether oxygens (including phenoxy) is 1. The number of esters is 1. The lowest BCUT2D eigenvalue weighted by Gasteiger charge is -2.20. The van der Waals surface area contributed by atoms with E-state index < -0.39 is 29.7 Å². The smallest absolute Gasteiger partial charge is 0.331 e. The Labute approximate surface area is 202 Å². The van der Waals surface area contributed by atoms with Crippen molar-refractivity contribution >= 4 is 51.0 Å². The lowest BCUT2D eigenvalue weighted by atomic mass is 10.2. The first-order chi connectivity index (χ1) is 16.8. The highest BCUT2D eigenvalue weighted by molar-refractivity contribution is 7.19. The molecular weight excluding hydrogens is 470 g/mol. The molecule has 2 aromatic heterocycles. The number of H-pyrrole nitrogens is 1. The number of hydrogen-bond donors (Lipinski definition) is 2. The molecule has 2 heterocycles. The summed E-state index contributed by atoms with van der Waals surface area (Å²) in [6.45, 7) is -0.529. The van der Waals surface area contributed by atoms with Crippen molar-refractivity contribution < 1.29 is 14.3 Å². The molecule has 0 bridgehead atoms. The van der Waals surface area contributed by atoms with Gasteiger partial charge in [-0.05, 0) is 23.8 Å². The average molecular weight is 492 g/mol. The largest absolute Gasteiger partial charge is 0.452 e. The van der Waals surface area contributed by atoms with E-state index in [9.17, 15) is 19.2 Å². The normalized spacial score (nSPS) is 11.1. The van der Waals surface area contributed by atoms with Crippen molar-refractivity contribution in [3.63, 3.8) is 0 Å². The van der Waals surface area contributed by atoms with Crippen molar-refractivity contribution in [3.8, 4) is 0 Å². The van der Waals surface area contributed by atoms with Crippen LogP contribution in [0.2, 0.25) is 0 Å². The van der Waals surface area contributed by atoms with E-state index in [1.165, 1.54) is 30.5 Å². The Morgan fingerprint density at radius 1 is 1.14 bits per heavy atom. The van der Waals surface area contributed by atoms with Gasteiger partial charge >= 0.3 is 11.7 Å². The molecule has 35 heavy (non-hydrogen) atoms. The van der Waals surface area contributed by atoms with Crippen LogP contribution in [0.25, 0.3) is 16.3 Å². The fourth-order valence-corrected chi connectivity index (χ4v) is 4.20. The number of aromatic nitrogens is 3. The first kappa shape index (κ1) is 23.6. The molecular formula is C24H21N5O5S. The summed E-state index contributed by atoms with van der Waals surface area (Å²) in [6.07, 6.45) is 2.68. The molecule has 4 aromatic rings. The van der Waals surface area contributed by atoms with Crippen molar-refractivity contribution in [3.05, 3.63) is 92.1 Å². The van der Waals surface area contributed by atoms with E-state index in [4.69, 9.17) is 10.5 Å². The van der Waals surface area contributed by atoms with Gasteiger partial charge in [-0.25, -0.2) is 14.6 Å². The number of hydrogen-bond acceptors (Lipinski definition) is 8. The zero-order valence-corrected chi connectivity index (χ0v) is 19.5. The Hall–Kier alpha value is -4.51. The highest BCUT2D eigenvalue weighted by Crippen LogP contribution is 2.22. The van der Waals surface area contributed by atoms with Gasteiger partial charge in [0.1, 0.15) is 10.8 Å². The van der Waals surface area contributed by atoms with Crippen molar-refractivity contribution in [2.75, 3.05) is 24.3 Å². The van der Waals surface area contributed by atoms with Gasteiger partial charge in [-0.3, -0.25) is 19.1 Å². The number of fused-ring (bicyclic) bond motifs is 1. The van der Waals surface area contributed by atoms with Crippen LogP contribution in [-0.2, 0) is 20.9 Å². The van der Waals surface area contributed by atoms with Crippen LogP contribution < -0.4 is 21.9 Å². The van der Waals surface area contributed by atoms with Crippen LogP contribution in [0, 0.1) is 0 Å². The van der Waals surface area contributed by atoms with Gasteiger partial charge < -0.3 is 15.4 Å². The van der Waals surface area contributed by atoms with Crippen molar-refractivity contribution in [1.29, 1.82) is 0 Å². The van der Waals surface area contributed by atoms with Crippen LogP contribution in [-0.4, -0.2) is 40.1 Å². The number of benzene rings is 2. The molecule has 0 saturated carbocycles. The maximum atomic E-state index is 12.6. The number of thiazole rings is 1. The minimum absolute atomic E-state index is 0.100. The lowest BCUT2D eigenvalue weighted by molar-refractivity contribution is -0.142. The number of nitrogen functional groups attached to an aromatic ring is 1. The molecule has 0 atom stereocenters. The van der Waals surface area contributed by atoms with E-state index in [1.807, 2.05) is 30.3 Å². The average Bonchev–Trinajstić information content (AvgIpc) is 3.27. The Morgan fingerprint density at radius 2 is 1.86 bits per heavy atom. The number of rotatable bonds is 7. The van der Waals surface area contributed by atoms with Gasteiger partial charge in [0, 0.05) is 13.1 Å². The van der Waals surface area contributed by atoms with Crippen LogP contribution >= 0.6 is 11.3 Å². The zero-order valence-electron chi connectivity index (χ0n) is 18.6. The quantitative estimate of drug-likeness (QED) is 0.298. The second-order valence-electron chi connectivity index (χ2n) is 7.48. The number of carbonyl (C=O) groups is 2. The highest BCUT2D eigenvalue weighted by atomic mass is 32.1. The summed E-state index contributed by atoms with van der Waals surface area (Å²) in [4.78, 5) is 56.9. The van der Waals surface area contributed by atoms with Gasteiger partial charge in [-0.15, -0.1) is 11.3 Å². The van der Waals surface area contributed by atoms with Gasteiger partial charge in [0.15, 0.2) is 12.3 Å². The maximum Gasteiger partial charge on any atom is 0.331 e. The monoisotopic (exact) mass is 491 g/mol. The van der Waals surface area contributed by atoms with Gasteiger partial charge in [-0.2, -0.15) is 0 Å². The number of nitrogens with one attached hydrogen (secondary N) is 1. The molecule has 0 spiro atoms. The van der Waals surface area contributed by atoms with Crippen molar-refractivity contribution in [2.24, 2.45) is 0 Å². The standard InChI is InChI=1S/C24H21N5O5S/c1-28(21-22(25)29(24(33)27-23(21)32)13-15-7-3-2-4-8-15)19(30)14-34-20(31)12-11-18-26-16-9-5-6-10-17(16)35-18/h2-12H,13-14,25H2,1H3,(H,27,32,33)/b12-11+. The summed E-state index contributed by atoms with van der Waals surface area (Å²) in [5.41, 5.74) is 5.95. The molecule has 178 valence electrons. The first-order valence-corrected chi connectivity index (χ1v) is 11.3. The number of anilines is 2. The Bertz CT molecular complexity index is 1500. The third kappa shape index (κ3) is 5.36. The molecule has 3 N–H and O–H groups in total. The minimum Gasteiger partial charge on any atom is -0.452 e. The highest BCUT2D eigenvalue weighted by Gasteiger charge is 2.22. The number of aromatic amines is 1. The molecule has 0 aliphatic rings. The molecule has 0 aliphatic heterocycles. The summed E-state index contributed by atoms with van der Waals surface area (Å²) in [5, 5.41) is 0.617. The third-order valence-corrected chi connectivity index (χ3v) is 6.12. The molecule has 0 saturated heterocycles. The molecule has 1 amide bonds. The molecule has 0 radical (unpaired) electrons. The topological polar surface area (TPSA) is 140 Å². The molecule has 0 aliphatic carbocycles. The van der Waals surface area contributed by atoms with E-state index in [0.29, 0.717) is 5.01 Å². The number of carbonyl (C=O) groups excluding carboxylic acids is 2. The van der Waals surface area contributed by atoms with Crippen molar-refractivity contribution in [2.45, 2.75) is 6.54 Å². The van der Waals surface area contributed by atoms with Gasteiger partial charge in [-0.1, -0.05) is 42.5 Å². The summed E-state index contributed by atoms with van der Waals surface area (Å²) >= 11 is 1.41. The predicted molar refractivity (Wildman–Crippen MR) is 134 cm³/mol. The van der Waals surface area contributed by atoms with Crippen LogP contribution in [0.5, 0.6) is 0 Å². The van der Waals surface area contributed by atoms with Crippen LogP contribution in [0.3, 0.4) is 0 Å².